The summed E-state index contributed by atoms with van der Waals surface area (Å²) < 4.78 is 0. The quantitative estimate of drug-likeness (QED) is 0.463. The molecule has 6 nitrogen and oxygen atoms in total. The molecule has 30 heavy (non-hydrogen) atoms. The fraction of sp³-hybridized carbons (Fsp3) is 0.583. The standard InChI is InChI=1S/C24H35N3O3/c1-17(2)11-9-7-5-4-6-8-10-12-19(28)14-13-18-15-20-22(29)16-21(25-3)24(30)23(20)27-26-18/h13-17,19,25,28H,4-12H2,1-3H3/t19-/m1/s1. The fourth-order valence-corrected chi connectivity index (χ4v) is 3.53. The Morgan fingerprint density at radius 2 is 1.63 bits per heavy atom. The molecule has 0 amide bonds. The zero-order valence-electron chi connectivity index (χ0n) is 18.5. The Balaban J connectivity index is 1.71. The molecule has 1 aliphatic carbocycles. The van der Waals surface area contributed by atoms with Crippen molar-refractivity contribution in [1.29, 1.82) is 0 Å². The maximum absolute atomic E-state index is 12.2. The Morgan fingerprint density at radius 3 is 2.27 bits per heavy atom. The Bertz CT molecular complexity index is 784. The van der Waals surface area contributed by atoms with Crippen molar-refractivity contribution < 1.29 is 14.7 Å². The number of carbonyl (C=O) groups excluding carboxylic acids is 2. The summed E-state index contributed by atoms with van der Waals surface area (Å²) in [5.41, 5.74) is 0.984. The van der Waals surface area contributed by atoms with Crippen LogP contribution in [0.5, 0.6) is 0 Å². The van der Waals surface area contributed by atoms with E-state index in [1.165, 1.54) is 44.6 Å². The van der Waals surface area contributed by atoms with Gasteiger partial charge >= 0.3 is 0 Å². The van der Waals surface area contributed by atoms with Gasteiger partial charge in [-0.2, -0.15) is 5.10 Å². The number of carbonyl (C=O) groups is 2. The smallest absolute Gasteiger partial charge is 0.229 e. The van der Waals surface area contributed by atoms with E-state index in [1.54, 1.807) is 25.3 Å². The largest absolute Gasteiger partial charge is 0.389 e. The molecule has 1 aliphatic rings. The molecule has 6 heteroatoms. The number of fused-ring (bicyclic) bond motifs is 1. The van der Waals surface area contributed by atoms with Crippen molar-refractivity contribution in [3.05, 3.63) is 40.9 Å². The number of ketones is 2. The van der Waals surface area contributed by atoms with Gasteiger partial charge in [0.1, 0.15) is 5.69 Å². The normalized spacial score (nSPS) is 14.9. The molecule has 0 unspecified atom stereocenters. The molecular weight excluding hydrogens is 378 g/mol. The van der Waals surface area contributed by atoms with Gasteiger partial charge in [0, 0.05) is 13.1 Å². The lowest BCUT2D eigenvalue weighted by Crippen LogP contribution is -2.26. The molecule has 1 heterocycles. The van der Waals surface area contributed by atoms with Crippen molar-refractivity contribution in [2.45, 2.75) is 77.7 Å². The molecule has 0 saturated carbocycles. The van der Waals surface area contributed by atoms with Gasteiger partial charge in [-0.3, -0.25) is 9.59 Å². The third kappa shape index (κ3) is 7.48. The summed E-state index contributed by atoms with van der Waals surface area (Å²) in [6.07, 6.45) is 14.6. The van der Waals surface area contributed by atoms with Gasteiger partial charge in [-0.25, -0.2) is 0 Å². The second-order valence-electron chi connectivity index (χ2n) is 8.41. The first-order chi connectivity index (χ1) is 14.4. The van der Waals surface area contributed by atoms with Gasteiger partial charge in [-0.1, -0.05) is 71.3 Å². The first-order valence-corrected chi connectivity index (χ1v) is 11.1. The van der Waals surface area contributed by atoms with Gasteiger partial charge in [0.05, 0.1) is 23.1 Å². The van der Waals surface area contributed by atoms with E-state index in [0.29, 0.717) is 12.1 Å². The van der Waals surface area contributed by atoms with Crippen molar-refractivity contribution in [2.24, 2.45) is 5.92 Å². The van der Waals surface area contributed by atoms with E-state index in [2.05, 4.69) is 29.4 Å². The number of nitrogens with one attached hydrogen (secondary N) is 1. The van der Waals surface area contributed by atoms with Crippen LogP contribution in [0.2, 0.25) is 0 Å². The van der Waals surface area contributed by atoms with Crippen LogP contribution in [0, 0.1) is 5.92 Å². The van der Waals surface area contributed by atoms with Crippen LogP contribution in [-0.4, -0.2) is 40.0 Å². The molecule has 2 N–H and O–H groups in total. The molecule has 0 spiro atoms. The highest BCUT2D eigenvalue weighted by atomic mass is 16.3. The lowest BCUT2D eigenvalue weighted by Gasteiger charge is -2.13. The summed E-state index contributed by atoms with van der Waals surface area (Å²) in [5.74, 6) is 0.191. The Morgan fingerprint density at radius 1 is 1.00 bits per heavy atom. The Kier molecular flexibility index (Phi) is 9.87. The summed E-state index contributed by atoms with van der Waals surface area (Å²) in [6.45, 7) is 4.55. The molecule has 0 bridgehead atoms. The minimum absolute atomic E-state index is 0.0637. The van der Waals surface area contributed by atoms with Crippen LogP contribution in [0.15, 0.2) is 23.9 Å². The van der Waals surface area contributed by atoms with Gasteiger partial charge in [0.2, 0.25) is 5.78 Å². The number of aliphatic hydroxyl groups excluding tert-OH is 1. The second-order valence-corrected chi connectivity index (χ2v) is 8.41. The van der Waals surface area contributed by atoms with E-state index in [1.807, 2.05) is 0 Å². The average molecular weight is 414 g/mol. The predicted octanol–water partition coefficient (Wildman–Crippen LogP) is 4.50. The number of Topliss-reactive ketones (excluding diaryl/α,β-unsaturated/α-hetero) is 1. The summed E-state index contributed by atoms with van der Waals surface area (Å²) >= 11 is 0. The van der Waals surface area contributed by atoms with Gasteiger partial charge in [-0.05, 0) is 24.5 Å². The first kappa shape index (κ1) is 23.9. The first-order valence-electron chi connectivity index (χ1n) is 11.1. The summed E-state index contributed by atoms with van der Waals surface area (Å²) in [6, 6.07) is 1.55. The van der Waals surface area contributed by atoms with E-state index >= 15 is 0 Å². The minimum atomic E-state index is -0.554. The molecule has 164 valence electrons. The molecule has 0 aliphatic heterocycles. The SMILES string of the molecule is CNC1=CC(=O)c2cc(C=C[C@H](O)CCCCCCCCCC(C)C)nnc2C1=O. The van der Waals surface area contributed by atoms with E-state index in [-0.39, 0.29) is 28.5 Å². The molecule has 2 rings (SSSR count). The highest BCUT2D eigenvalue weighted by Crippen LogP contribution is 2.19. The maximum atomic E-state index is 12.2. The number of likely N-dealkylation sites (N-methyl/N-ethyl adjacent to an activating group) is 1. The van der Waals surface area contributed by atoms with Crippen molar-refractivity contribution in [2.75, 3.05) is 7.05 Å². The molecule has 0 fully saturated rings. The van der Waals surface area contributed by atoms with Crippen LogP contribution in [0.1, 0.15) is 98.2 Å². The number of unbranched alkanes of at least 4 members (excludes halogenated alkanes) is 6. The van der Waals surface area contributed by atoms with Crippen molar-refractivity contribution >= 4 is 17.6 Å². The van der Waals surface area contributed by atoms with E-state index in [9.17, 15) is 14.7 Å². The molecular formula is C24H35N3O3. The summed E-state index contributed by atoms with van der Waals surface area (Å²) in [5, 5.41) is 20.8. The van der Waals surface area contributed by atoms with E-state index in [0.717, 1.165) is 18.8 Å². The Labute approximate surface area is 179 Å². The molecule has 1 atom stereocenters. The average Bonchev–Trinajstić information content (AvgIpc) is 2.73. The van der Waals surface area contributed by atoms with Crippen molar-refractivity contribution in [3.63, 3.8) is 0 Å². The van der Waals surface area contributed by atoms with Crippen LogP contribution >= 0.6 is 0 Å². The molecule has 0 aromatic carbocycles. The fourth-order valence-electron chi connectivity index (χ4n) is 3.53. The topological polar surface area (TPSA) is 92.2 Å². The van der Waals surface area contributed by atoms with Gasteiger partial charge in [-0.15, -0.1) is 5.10 Å². The third-order valence-electron chi connectivity index (χ3n) is 5.35. The number of aliphatic hydroxyl groups is 1. The molecule has 1 aromatic rings. The van der Waals surface area contributed by atoms with Crippen LogP contribution in [0.4, 0.5) is 0 Å². The zero-order valence-corrected chi connectivity index (χ0v) is 18.5. The monoisotopic (exact) mass is 413 g/mol. The van der Waals surface area contributed by atoms with Crippen molar-refractivity contribution in [3.8, 4) is 0 Å². The number of allylic oxidation sites excluding steroid dienone is 2. The van der Waals surface area contributed by atoms with E-state index < -0.39 is 6.10 Å². The molecule has 0 radical (unpaired) electrons. The number of hydrogen-bond donors (Lipinski definition) is 2. The van der Waals surface area contributed by atoms with Crippen molar-refractivity contribution in [1.82, 2.24) is 15.5 Å². The van der Waals surface area contributed by atoms with Crippen LogP contribution in [0.25, 0.3) is 6.08 Å². The number of rotatable bonds is 13. The highest BCUT2D eigenvalue weighted by molar-refractivity contribution is 6.23. The lowest BCUT2D eigenvalue weighted by atomic mass is 9.97. The minimum Gasteiger partial charge on any atom is -0.389 e. The highest BCUT2D eigenvalue weighted by Gasteiger charge is 2.27. The molecule has 1 aromatic heterocycles. The second kappa shape index (κ2) is 12.4. The van der Waals surface area contributed by atoms with Gasteiger partial charge < -0.3 is 10.4 Å². The summed E-state index contributed by atoms with van der Waals surface area (Å²) in [7, 11) is 1.59. The van der Waals surface area contributed by atoms with Crippen LogP contribution in [-0.2, 0) is 0 Å². The summed E-state index contributed by atoms with van der Waals surface area (Å²) in [4.78, 5) is 24.4. The zero-order chi connectivity index (χ0) is 21.9. The van der Waals surface area contributed by atoms with Crippen LogP contribution < -0.4 is 5.32 Å². The number of aromatic nitrogens is 2. The maximum Gasteiger partial charge on any atom is 0.229 e. The lowest BCUT2D eigenvalue weighted by molar-refractivity contribution is 0.0974. The van der Waals surface area contributed by atoms with E-state index in [4.69, 9.17) is 0 Å². The number of hydrogen-bond acceptors (Lipinski definition) is 6. The predicted molar refractivity (Wildman–Crippen MR) is 119 cm³/mol. The van der Waals surface area contributed by atoms with Gasteiger partial charge in [0.15, 0.2) is 5.78 Å². The number of nitrogens with zero attached hydrogens (tertiary/aromatic N) is 2. The molecule has 0 saturated heterocycles. The van der Waals surface area contributed by atoms with Crippen LogP contribution in [0.3, 0.4) is 0 Å². The van der Waals surface area contributed by atoms with Gasteiger partial charge in [0.25, 0.3) is 0 Å². The Hall–Kier alpha value is -2.34. The third-order valence-corrected chi connectivity index (χ3v) is 5.35.